The fourth-order valence-electron chi connectivity index (χ4n) is 1.80. The van der Waals surface area contributed by atoms with Crippen LogP contribution in [-0.2, 0) is 0 Å². The molecule has 0 aromatic heterocycles. The minimum atomic E-state index is 0.138. The first-order valence-electron chi connectivity index (χ1n) is 4.21. The van der Waals surface area contributed by atoms with Gasteiger partial charge in [0.1, 0.15) is 0 Å². The lowest BCUT2D eigenvalue weighted by molar-refractivity contribution is 0.300. The molecule has 1 fully saturated rings. The molecule has 0 aromatic rings. The first kappa shape index (κ1) is 7.70. The van der Waals surface area contributed by atoms with Crippen LogP contribution in [0.3, 0.4) is 0 Å². The van der Waals surface area contributed by atoms with Crippen molar-refractivity contribution in [1.82, 2.24) is 0 Å². The van der Waals surface area contributed by atoms with Gasteiger partial charge in [-0.05, 0) is 18.8 Å². The molecule has 0 heterocycles. The predicted octanol–water partition coefficient (Wildman–Crippen LogP) is 2.72. The molecule has 0 aromatic carbocycles. The largest absolute Gasteiger partial charge is 0.151 e. The Morgan fingerprint density at radius 2 is 2.10 bits per heavy atom. The molecule has 58 valence electrons. The Bertz CT molecular complexity index is 114. The molecule has 1 saturated carbocycles. The third-order valence-corrected chi connectivity index (χ3v) is 2.53. The highest BCUT2D eigenvalue weighted by molar-refractivity contribution is 4.79. The smallest absolute Gasteiger partial charge is 0.0947 e. The highest BCUT2D eigenvalue weighted by Crippen LogP contribution is 2.28. The minimum absolute atomic E-state index is 0.138. The summed E-state index contributed by atoms with van der Waals surface area (Å²) in [6.45, 7) is 2.15. The van der Waals surface area contributed by atoms with Gasteiger partial charge in [-0.15, -0.1) is 0 Å². The van der Waals surface area contributed by atoms with E-state index >= 15 is 0 Å². The molecule has 2 atom stereocenters. The molecule has 1 aliphatic rings. The van der Waals surface area contributed by atoms with Crippen LogP contribution in [0.2, 0.25) is 0 Å². The van der Waals surface area contributed by atoms with Crippen LogP contribution in [0.1, 0.15) is 39.0 Å². The van der Waals surface area contributed by atoms with Gasteiger partial charge in [-0.2, -0.15) is 4.91 Å². The Balaban J connectivity index is 2.41. The molecule has 0 saturated heterocycles. The number of nitrogens with zero attached hydrogens (tertiary/aromatic N) is 1. The summed E-state index contributed by atoms with van der Waals surface area (Å²) in [6, 6.07) is 0.138. The summed E-state index contributed by atoms with van der Waals surface area (Å²) in [6.07, 6.45) is 5.86. The van der Waals surface area contributed by atoms with Crippen LogP contribution in [0, 0.1) is 10.8 Å². The maximum Gasteiger partial charge on any atom is 0.0947 e. The van der Waals surface area contributed by atoms with Crippen molar-refractivity contribution in [1.29, 1.82) is 0 Å². The Morgan fingerprint density at radius 3 is 2.60 bits per heavy atom. The van der Waals surface area contributed by atoms with Gasteiger partial charge in [-0.25, -0.2) is 0 Å². The van der Waals surface area contributed by atoms with Gasteiger partial charge in [0.05, 0.1) is 6.04 Å². The third kappa shape index (κ3) is 1.55. The Morgan fingerprint density at radius 1 is 1.40 bits per heavy atom. The molecule has 2 unspecified atom stereocenters. The van der Waals surface area contributed by atoms with Crippen LogP contribution >= 0.6 is 0 Å². The third-order valence-electron chi connectivity index (χ3n) is 2.53. The molecule has 0 bridgehead atoms. The van der Waals surface area contributed by atoms with E-state index in [2.05, 4.69) is 12.1 Å². The van der Waals surface area contributed by atoms with Crippen molar-refractivity contribution in [2.75, 3.05) is 0 Å². The van der Waals surface area contributed by atoms with Crippen molar-refractivity contribution in [3.63, 3.8) is 0 Å². The zero-order valence-corrected chi connectivity index (χ0v) is 6.55. The molecule has 1 aliphatic carbocycles. The van der Waals surface area contributed by atoms with Crippen LogP contribution in [0.5, 0.6) is 0 Å². The summed E-state index contributed by atoms with van der Waals surface area (Å²) in [5.74, 6) is 0.589. The van der Waals surface area contributed by atoms with Gasteiger partial charge in [0.2, 0.25) is 0 Å². The summed E-state index contributed by atoms with van der Waals surface area (Å²) in [7, 11) is 0. The average molecular weight is 141 g/mol. The first-order valence-corrected chi connectivity index (χ1v) is 4.21. The molecule has 0 spiro atoms. The summed E-state index contributed by atoms with van der Waals surface area (Å²) < 4.78 is 0. The van der Waals surface area contributed by atoms with E-state index in [0.29, 0.717) is 5.92 Å². The summed E-state index contributed by atoms with van der Waals surface area (Å²) in [5, 5.41) is 3.15. The molecular weight excluding hydrogens is 126 g/mol. The van der Waals surface area contributed by atoms with Gasteiger partial charge in [-0.1, -0.05) is 31.4 Å². The number of hydrogen-bond donors (Lipinski definition) is 0. The number of hydrogen-bond acceptors (Lipinski definition) is 2. The Labute approximate surface area is 62.0 Å². The first-order chi connectivity index (χ1) is 4.88. The Hall–Kier alpha value is -0.400. The SMILES string of the molecule is CCC1CCCCC1N=O. The maximum atomic E-state index is 10.3. The zero-order chi connectivity index (χ0) is 7.40. The van der Waals surface area contributed by atoms with E-state index < -0.39 is 0 Å². The van der Waals surface area contributed by atoms with Gasteiger partial charge in [0.15, 0.2) is 0 Å². The summed E-state index contributed by atoms with van der Waals surface area (Å²) in [5.41, 5.74) is 0. The van der Waals surface area contributed by atoms with E-state index in [9.17, 15) is 4.91 Å². The number of rotatable bonds is 2. The fourth-order valence-corrected chi connectivity index (χ4v) is 1.80. The lowest BCUT2D eigenvalue weighted by atomic mass is 9.83. The maximum absolute atomic E-state index is 10.3. The summed E-state index contributed by atoms with van der Waals surface area (Å²) in [4.78, 5) is 10.3. The molecule has 0 aliphatic heterocycles. The summed E-state index contributed by atoms with van der Waals surface area (Å²) >= 11 is 0. The molecule has 0 N–H and O–H groups in total. The van der Waals surface area contributed by atoms with Crippen molar-refractivity contribution in [3.8, 4) is 0 Å². The molecule has 2 heteroatoms. The van der Waals surface area contributed by atoms with Crippen molar-refractivity contribution < 1.29 is 0 Å². The second-order valence-electron chi connectivity index (χ2n) is 3.13. The lowest BCUT2D eigenvalue weighted by Crippen LogP contribution is -2.21. The normalized spacial score (nSPS) is 33.7. The van der Waals surface area contributed by atoms with Gasteiger partial charge in [0.25, 0.3) is 0 Å². The highest BCUT2D eigenvalue weighted by Gasteiger charge is 2.23. The van der Waals surface area contributed by atoms with E-state index in [0.717, 1.165) is 12.8 Å². The standard InChI is InChI=1S/C8H15NO/c1-2-7-5-3-4-6-8(7)9-10/h7-8H,2-6H2,1H3. The van der Waals surface area contributed by atoms with Crippen LogP contribution in [0.25, 0.3) is 0 Å². The number of nitroso groups, excluding NO2 is 1. The molecule has 1 rings (SSSR count). The van der Waals surface area contributed by atoms with E-state index in [4.69, 9.17) is 0 Å². The molecule has 10 heavy (non-hydrogen) atoms. The van der Waals surface area contributed by atoms with E-state index in [1.807, 2.05) is 0 Å². The van der Waals surface area contributed by atoms with Gasteiger partial charge < -0.3 is 0 Å². The van der Waals surface area contributed by atoms with Gasteiger partial charge in [-0.3, -0.25) is 0 Å². The monoisotopic (exact) mass is 141 g/mol. The van der Waals surface area contributed by atoms with Crippen LogP contribution < -0.4 is 0 Å². The fraction of sp³-hybridized carbons (Fsp3) is 1.00. The lowest BCUT2D eigenvalue weighted by Gasteiger charge is -2.24. The molecule has 0 amide bonds. The van der Waals surface area contributed by atoms with Crippen molar-refractivity contribution >= 4 is 0 Å². The van der Waals surface area contributed by atoms with Crippen molar-refractivity contribution in [3.05, 3.63) is 4.91 Å². The van der Waals surface area contributed by atoms with E-state index in [-0.39, 0.29) is 6.04 Å². The minimum Gasteiger partial charge on any atom is -0.151 e. The molecular formula is C8H15NO. The quantitative estimate of drug-likeness (QED) is 0.543. The second kappa shape index (κ2) is 3.69. The second-order valence-corrected chi connectivity index (χ2v) is 3.13. The van der Waals surface area contributed by atoms with Crippen molar-refractivity contribution in [2.45, 2.75) is 45.1 Å². The zero-order valence-electron chi connectivity index (χ0n) is 6.55. The molecule has 2 nitrogen and oxygen atoms in total. The average Bonchev–Trinajstić information content (AvgIpc) is 2.04. The van der Waals surface area contributed by atoms with E-state index in [1.54, 1.807) is 0 Å². The Kier molecular flexibility index (Phi) is 2.84. The molecule has 0 radical (unpaired) electrons. The van der Waals surface area contributed by atoms with Gasteiger partial charge >= 0.3 is 0 Å². The van der Waals surface area contributed by atoms with Crippen molar-refractivity contribution in [2.24, 2.45) is 11.1 Å². The van der Waals surface area contributed by atoms with Crippen LogP contribution in [0.15, 0.2) is 5.18 Å². The van der Waals surface area contributed by atoms with Crippen LogP contribution in [0.4, 0.5) is 0 Å². The van der Waals surface area contributed by atoms with E-state index in [1.165, 1.54) is 19.3 Å². The van der Waals surface area contributed by atoms with Gasteiger partial charge in [0, 0.05) is 0 Å². The van der Waals surface area contributed by atoms with Crippen LogP contribution in [-0.4, -0.2) is 6.04 Å². The highest BCUT2D eigenvalue weighted by atomic mass is 16.3. The predicted molar refractivity (Wildman–Crippen MR) is 41.8 cm³/mol. The topological polar surface area (TPSA) is 29.4 Å².